The van der Waals surface area contributed by atoms with Crippen LogP contribution in [0.25, 0.3) is 0 Å². The fourth-order valence-corrected chi connectivity index (χ4v) is 4.45. The predicted molar refractivity (Wildman–Crippen MR) is 115 cm³/mol. The molecule has 1 aromatic carbocycles. The quantitative estimate of drug-likeness (QED) is 0.317. The van der Waals surface area contributed by atoms with Crippen molar-refractivity contribution in [2.24, 2.45) is 0 Å². The Bertz CT molecular complexity index is 1030. The number of alkyl halides is 3. The molecule has 2 fully saturated rings. The lowest BCUT2D eigenvalue weighted by Crippen LogP contribution is -2.36. The fourth-order valence-electron chi connectivity index (χ4n) is 4.13. The second-order valence-electron chi connectivity index (χ2n) is 8.36. The zero-order valence-electron chi connectivity index (χ0n) is 17.5. The molecule has 2 aliphatic rings. The summed E-state index contributed by atoms with van der Waals surface area (Å²) in [7, 11) is 0. The maximum Gasteiger partial charge on any atom is 0.401 e. The Morgan fingerprint density at radius 3 is 2.50 bits per heavy atom. The first-order valence-corrected chi connectivity index (χ1v) is 11.1. The van der Waals surface area contributed by atoms with Gasteiger partial charge in [0.1, 0.15) is 0 Å². The van der Waals surface area contributed by atoms with Crippen LogP contribution in [-0.4, -0.2) is 50.0 Å². The highest BCUT2D eigenvalue weighted by Crippen LogP contribution is 2.39. The average Bonchev–Trinajstić information content (AvgIpc) is 3.52. The number of nitrogens with zero attached hydrogens (tertiary/aromatic N) is 6. The molecule has 4 rings (SSSR count). The van der Waals surface area contributed by atoms with Crippen LogP contribution in [0.1, 0.15) is 43.7 Å². The molecule has 0 radical (unpaired) electrons. The number of hydrogen-bond donors (Lipinski definition) is 0. The van der Waals surface area contributed by atoms with E-state index in [0.29, 0.717) is 4.77 Å². The topological polar surface area (TPSA) is 72.4 Å². The van der Waals surface area contributed by atoms with E-state index >= 15 is 0 Å². The van der Waals surface area contributed by atoms with Gasteiger partial charge in [0, 0.05) is 37.3 Å². The minimum atomic E-state index is -4.47. The highest BCUT2D eigenvalue weighted by Gasteiger charge is 2.34. The third-order valence-electron chi connectivity index (χ3n) is 5.72. The van der Waals surface area contributed by atoms with Crippen LogP contribution in [0.15, 0.2) is 24.3 Å². The molecule has 1 aromatic heterocycles. The summed E-state index contributed by atoms with van der Waals surface area (Å²) in [6.45, 7) is 0.0246. The van der Waals surface area contributed by atoms with Crippen LogP contribution in [0.5, 0.6) is 0 Å². The van der Waals surface area contributed by atoms with Crippen LogP contribution in [0.3, 0.4) is 0 Å². The van der Waals surface area contributed by atoms with Gasteiger partial charge in [-0.05, 0) is 44.3 Å². The first-order chi connectivity index (χ1) is 15.2. The number of benzene rings is 1. The molecule has 8 nitrogen and oxygen atoms in total. The summed E-state index contributed by atoms with van der Waals surface area (Å²) < 4.78 is 43.8. The van der Waals surface area contributed by atoms with Crippen molar-refractivity contribution in [2.75, 3.05) is 24.5 Å². The molecule has 2 heterocycles. The summed E-state index contributed by atoms with van der Waals surface area (Å²) in [5, 5.41) is 15.9. The second kappa shape index (κ2) is 9.18. The lowest BCUT2D eigenvalue weighted by Gasteiger charge is -2.27. The SMILES string of the molecule is O=[N+]([O-])c1ccccc1CN(Cn1nc(N2CCCCC2)n(C2CC2)c1=S)CC(F)(F)F. The van der Waals surface area contributed by atoms with E-state index in [1.165, 1.54) is 22.9 Å². The predicted octanol–water partition coefficient (Wildman–Crippen LogP) is 4.67. The van der Waals surface area contributed by atoms with E-state index in [2.05, 4.69) is 10.00 Å². The Kier molecular flexibility index (Phi) is 6.52. The molecular weight excluding hydrogens is 445 g/mol. The van der Waals surface area contributed by atoms with Gasteiger partial charge in [0.05, 0.1) is 18.1 Å². The molecule has 0 amide bonds. The first kappa shape index (κ1) is 22.7. The van der Waals surface area contributed by atoms with Gasteiger partial charge in [-0.25, -0.2) is 4.68 Å². The molecule has 1 aliphatic carbocycles. The van der Waals surface area contributed by atoms with Crippen LogP contribution in [0.2, 0.25) is 0 Å². The van der Waals surface area contributed by atoms with Gasteiger partial charge in [0.15, 0.2) is 0 Å². The van der Waals surface area contributed by atoms with Gasteiger partial charge in [0.2, 0.25) is 10.7 Å². The van der Waals surface area contributed by atoms with Crippen LogP contribution >= 0.6 is 12.2 Å². The number of anilines is 1. The van der Waals surface area contributed by atoms with E-state index in [4.69, 9.17) is 12.2 Å². The summed E-state index contributed by atoms with van der Waals surface area (Å²) in [5.74, 6) is 0.717. The zero-order valence-corrected chi connectivity index (χ0v) is 18.3. The molecule has 0 N–H and O–H groups in total. The summed E-state index contributed by atoms with van der Waals surface area (Å²) in [4.78, 5) is 14.0. The lowest BCUT2D eigenvalue weighted by molar-refractivity contribution is -0.385. The monoisotopic (exact) mass is 470 g/mol. The minimum Gasteiger partial charge on any atom is -0.341 e. The fraction of sp³-hybridized carbons (Fsp3) is 0.600. The highest BCUT2D eigenvalue weighted by atomic mass is 32.1. The Balaban J connectivity index is 1.64. The minimum absolute atomic E-state index is 0.203. The van der Waals surface area contributed by atoms with Crippen molar-refractivity contribution in [3.8, 4) is 0 Å². The standard InChI is InChI=1S/C20H25F3N6O2S/c21-20(22,23)13-25(12-15-6-2-3-7-17(15)29(30)31)14-27-19(32)28(16-8-9-16)18(24-27)26-10-4-1-5-11-26/h2-3,6-7,16H,1,4-5,8-14H2. The number of nitro benzene ring substituents is 1. The molecule has 2 aromatic rings. The summed E-state index contributed by atoms with van der Waals surface area (Å²) >= 11 is 5.61. The van der Waals surface area contributed by atoms with E-state index in [1.54, 1.807) is 6.07 Å². The smallest absolute Gasteiger partial charge is 0.341 e. The Hall–Kier alpha value is -2.47. The molecule has 32 heavy (non-hydrogen) atoms. The van der Waals surface area contributed by atoms with E-state index in [9.17, 15) is 23.3 Å². The van der Waals surface area contributed by atoms with Gasteiger partial charge < -0.3 is 4.90 Å². The largest absolute Gasteiger partial charge is 0.401 e. The van der Waals surface area contributed by atoms with Crippen molar-refractivity contribution in [2.45, 2.75) is 57.5 Å². The van der Waals surface area contributed by atoms with Crippen molar-refractivity contribution >= 4 is 23.9 Å². The van der Waals surface area contributed by atoms with Gasteiger partial charge in [0.25, 0.3) is 5.69 Å². The summed E-state index contributed by atoms with van der Waals surface area (Å²) in [6.07, 6.45) is 0.716. The average molecular weight is 471 g/mol. The van der Waals surface area contributed by atoms with E-state index in [-0.39, 0.29) is 30.5 Å². The van der Waals surface area contributed by atoms with E-state index < -0.39 is 17.6 Å². The molecule has 0 bridgehead atoms. The van der Waals surface area contributed by atoms with E-state index in [1.807, 2.05) is 4.57 Å². The van der Waals surface area contributed by atoms with Gasteiger partial charge in [-0.1, -0.05) is 18.2 Å². The van der Waals surface area contributed by atoms with Gasteiger partial charge in [-0.15, -0.1) is 5.10 Å². The van der Waals surface area contributed by atoms with Crippen molar-refractivity contribution in [3.05, 3.63) is 44.7 Å². The lowest BCUT2D eigenvalue weighted by atomic mass is 10.1. The first-order valence-electron chi connectivity index (χ1n) is 10.7. The molecule has 0 unspecified atom stereocenters. The van der Waals surface area contributed by atoms with Crippen LogP contribution < -0.4 is 4.90 Å². The summed E-state index contributed by atoms with van der Waals surface area (Å²) in [5.41, 5.74) is 0.00642. The number of piperidine rings is 1. The number of para-hydroxylation sites is 1. The second-order valence-corrected chi connectivity index (χ2v) is 8.73. The Labute approximate surface area is 188 Å². The molecular formula is C20H25F3N6O2S. The maximum absolute atomic E-state index is 13.3. The van der Waals surface area contributed by atoms with Crippen molar-refractivity contribution in [1.82, 2.24) is 19.2 Å². The van der Waals surface area contributed by atoms with Crippen molar-refractivity contribution in [1.29, 1.82) is 0 Å². The number of hydrogen-bond acceptors (Lipinski definition) is 6. The molecule has 1 saturated carbocycles. The Morgan fingerprint density at radius 2 is 1.88 bits per heavy atom. The third kappa shape index (κ3) is 5.29. The Morgan fingerprint density at radius 1 is 1.19 bits per heavy atom. The van der Waals surface area contributed by atoms with Gasteiger partial charge in [-0.2, -0.15) is 13.2 Å². The van der Waals surface area contributed by atoms with Gasteiger partial charge >= 0.3 is 6.18 Å². The molecule has 0 spiro atoms. The van der Waals surface area contributed by atoms with Crippen LogP contribution in [0, 0.1) is 14.9 Å². The number of halogens is 3. The number of rotatable bonds is 8. The van der Waals surface area contributed by atoms with Crippen molar-refractivity contribution in [3.63, 3.8) is 0 Å². The number of nitro groups is 1. The number of aromatic nitrogens is 3. The third-order valence-corrected chi connectivity index (χ3v) is 6.13. The molecule has 0 atom stereocenters. The molecule has 12 heteroatoms. The molecule has 1 aliphatic heterocycles. The molecule has 174 valence electrons. The zero-order chi connectivity index (χ0) is 22.9. The van der Waals surface area contributed by atoms with Crippen LogP contribution in [0.4, 0.5) is 24.8 Å². The molecule has 1 saturated heterocycles. The van der Waals surface area contributed by atoms with E-state index in [0.717, 1.165) is 56.0 Å². The maximum atomic E-state index is 13.3. The van der Waals surface area contributed by atoms with Crippen LogP contribution in [-0.2, 0) is 13.2 Å². The normalized spacial score (nSPS) is 17.2. The van der Waals surface area contributed by atoms with Gasteiger partial charge in [-0.3, -0.25) is 19.6 Å². The summed E-state index contributed by atoms with van der Waals surface area (Å²) in [6, 6.07) is 6.08. The van der Waals surface area contributed by atoms with Crippen molar-refractivity contribution < 1.29 is 18.1 Å². The highest BCUT2D eigenvalue weighted by molar-refractivity contribution is 7.71.